The van der Waals surface area contributed by atoms with E-state index in [4.69, 9.17) is 5.73 Å². The molecular weight excluding hydrogens is 578 g/mol. The molecule has 12 nitrogen and oxygen atoms in total. The Morgan fingerprint density at radius 1 is 0.644 bits per heavy atom. The molecule has 4 aromatic rings. The van der Waals surface area contributed by atoms with Gasteiger partial charge in [0.1, 0.15) is 18.1 Å². The number of nitrogens with one attached hydrogen (secondary N) is 4. The van der Waals surface area contributed by atoms with Crippen LogP contribution in [0.5, 0.6) is 0 Å². The van der Waals surface area contributed by atoms with Crippen LogP contribution in [0.25, 0.3) is 10.9 Å². The summed E-state index contributed by atoms with van der Waals surface area (Å²) >= 11 is 0. The fourth-order valence-electron chi connectivity index (χ4n) is 4.95. The van der Waals surface area contributed by atoms with Gasteiger partial charge in [-0.2, -0.15) is 0 Å². The predicted octanol–water partition coefficient (Wildman–Crippen LogP) is 1.54. The third-order valence-corrected chi connectivity index (χ3v) is 7.28. The lowest BCUT2D eigenvalue weighted by molar-refractivity contribution is -0.143. The molecule has 8 N–H and O–H groups in total. The molecule has 0 bridgehead atoms. The summed E-state index contributed by atoms with van der Waals surface area (Å²) in [6.45, 7) is 0. The molecule has 3 amide bonds. The lowest BCUT2D eigenvalue weighted by Gasteiger charge is -2.25. The maximum Gasteiger partial charge on any atom is 0.326 e. The number of hydrogen-bond acceptors (Lipinski definition) is 6. The van der Waals surface area contributed by atoms with Gasteiger partial charge in [-0.25, -0.2) is 4.79 Å². The number of carboxylic acids is 2. The Bertz CT molecular complexity index is 1640. The number of fused-ring (bicyclic) bond motifs is 1. The molecule has 0 aliphatic rings. The number of H-pyrrole nitrogens is 1. The summed E-state index contributed by atoms with van der Waals surface area (Å²) in [4.78, 5) is 66.7. The van der Waals surface area contributed by atoms with Gasteiger partial charge in [0.2, 0.25) is 17.7 Å². The first-order valence-corrected chi connectivity index (χ1v) is 14.3. The molecule has 4 atom stereocenters. The average Bonchev–Trinajstić information content (AvgIpc) is 3.43. The quantitative estimate of drug-likeness (QED) is 0.105. The van der Waals surface area contributed by atoms with Crippen molar-refractivity contribution in [1.82, 2.24) is 20.9 Å². The Balaban J connectivity index is 1.49. The largest absolute Gasteiger partial charge is 0.481 e. The molecule has 0 saturated carbocycles. The third-order valence-electron chi connectivity index (χ3n) is 7.28. The standard InChI is InChI=1S/C33H35N5O7/c34-24(15-20-9-3-1-4-10-20)30(41)36-26(16-21-11-5-2-6-12-21)31(42)37-27(18-29(39)40)32(43)38-28(33(44)45)17-22-19-35-25-14-8-7-13-23(22)25/h1-14,19,24,26-28,35H,15-18,34H2,(H,36,41)(H,37,42)(H,38,43)(H,39,40)(H,44,45). The molecule has 1 heterocycles. The number of aliphatic carboxylic acids is 2. The summed E-state index contributed by atoms with van der Waals surface area (Å²) in [6.07, 6.45) is 0.962. The van der Waals surface area contributed by atoms with Gasteiger partial charge in [-0.05, 0) is 29.2 Å². The van der Waals surface area contributed by atoms with Crippen LogP contribution in [0.15, 0.2) is 91.1 Å². The van der Waals surface area contributed by atoms with E-state index in [1.165, 1.54) is 0 Å². The highest BCUT2D eigenvalue weighted by Gasteiger charge is 2.32. The molecule has 45 heavy (non-hydrogen) atoms. The first-order valence-electron chi connectivity index (χ1n) is 14.3. The van der Waals surface area contributed by atoms with Crippen LogP contribution in [0.4, 0.5) is 0 Å². The topological polar surface area (TPSA) is 204 Å². The molecule has 4 unspecified atom stereocenters. The first kappa shape index (κ1) is 32.4. The van der Waals surface area contributed by atoms with Crippen molar-refractivity contribution >= 4 is 40.6 Å². The number of para-hydroxylation sites is 1. The van der Waals surface area contributed by atoms with Crippen LogP contribution in [0.3, 0.4) is 0 Å². The summed E-state index contributed by atoms with van der Waals surface area (Å²) in [6, 6.07) is 19.9. The Kier molecular flexibility index (Phi) is 11.0. The van der Waals surface area contributed by atoms with Crippen LogP contribution in [-0.2, 0) is 43.2 Å². The number of amides is 3. The maximum absolute atomic E-state index is 13.5. The normalized spacial score (nSPS) is 13.6. The number of carbonyl (C=O) groups excluding carboxylic acids is 3. The fourth-order valence-corrected chi connectivity index (χ4v) is 4.95. The second kappa shape index (κ2) is 15.3. The van der Waals surface area contributed by atoms with Gasteiger partial charge in [-0.3, -0.25) is 19.2 Å². The summed E-state index contributed by atoms with van der Waals surface area (Å²) in [5, 5.41) is 27.6. The SMILES string of the molecule is NC(Cc1ccccc1)C(=O)NC(Cc1ccccc1)C(=O)NC(CC(=O)O)C(=O)NC(Cc1c[nH]c2ccccc12)C(=O)O. The summed E-state index contributed by atoms with van der Waals surface area (Å²) in [7, 11) is 0. The minimum absolute atomic E-state index is 0.0240. The number of carbonyl (C=O) groups is 5. The van der Waals surface area contributed by atoms with Crippen molar-refractivity contribution in [3.05, 3.63) is 108 Å². The zero-order chi connectivity index (χ0) is 32.3. The average molecular weight is 614 g/mol. The van der Waals surface area contributed by atoms with Gasteiger partial charge in [0, 0.05) is 29.9 Å². The van der Waals surface area contributed by atoms with Gasteiger partial charge < -0.3 is 36.9 Å². The molecule has 0 spiro atoms. The predicted molar refractivity (Wildman–Crippen MR) is 166 cm³/mol. The van der Waals surface area contributed by atoms with Crippen LogP contribution in [0.1, 0.15) is 23.1 Å². The molecule has 0 radical (unpaired) electrons. The number of hydrogen-bond donors (Lipinski definition) is 7. The fraction of sp³-hybridized carbons (Fsp3) is 0.242. The first-order chi connectivity index (χ1) is 21.6. The number of rotatable bonds is 15. The molecule has 0 aliphatic carbocycles. The van der Waals surface area contributed by atoms with E-state index in [0.717, 1.165) is 16.5 Å². The molecule has 0 fully saturated rings. The van der Waals surface area contributed by atoms with Gasteiger partial charge in [-0.1, -0.05) is 78.9 Å². The third kappa shape index (κ3) is 9.25. The van der Waals surface area contributed by atoms with Gasteiger partial charge in [0.25, 0.3) is 0 Å². The number of carboxylic acid groups (broad SMARTS) is 2. The van der Waals surface area contributed by atoms with Crippen molar-refractivity contribution in [3.8, 4) is 0 Å². The van der Waals surface area contributed by atoms with Crippen LogP contribution < -0.4 is 21.7 Å². The molecule has 1 aromatic heterocycles. The summed E-state index contributed by atoms with van der Waals surface area (Å²) < 4.78 is 0. The number of aromatic amines is 1. The minimum atomic E-state index is -1.63. The van der Waals surface area contributed by atoms with Gasteiger partial charge >= 0.3 is 11.9 Å². The van der Waals surface area contributed by atoms with E-state index in [9.17, 15) is 34.2 Å². The lowest BCUT2D eigenvalue weighted by atomic mass is 10.0. The smallest absolute Gasteiger partial charge is 0.326 e. The van der Waals surface area contributed by atoms with Crippen LogP contribution in [0.2, 0.25) is 0 Å². The van der Waals surface area contributed by atoms with E-state index in [0.29, 0.717) is 11.1 Å². The Hall–Kier alpha value is -5.49. The highest BCUT2D eigenvalue weighted by Crippen LogP contribution is 2.19. The Morgan fingerprint density at radius 3 is 1.80 bits per heavy atom. The van der Waals surface area contributed by atoms with Gasteiger partial charge in [0.15, 0.2) is 0 Å². The molecule has 234 valence electrons. The van der Waals surface area contributed by atoms with E-state index in [2.05, 4.69) is 20.9 Å². The highest BCUT2D eigenvalue weighted by molar-refractivity contribution is 5.96. The number of benzene rings is 3. The van der Waals surface area contributed by atoms with E-state index in [1.54, 1.807) is 42.6 Å². The van der Waals surface area contributed by atoms with E-state index < -0.39 is 60.2 Å². The second-order valence-electron chi connectivity index (χ2n) is 10.7. The molecule has 12 heteroatoms. The van der Waals surface area contributed by atoms with Gasteiger partial charge in [0.05, 0.1) is 12.5 Å². The zero-order valence-corrected chi connectivity index (χ0v) is 24.3. The summed E-state index contributed by atoms with van der Waals surface area (Å²) in [5.41, 5.74) is 9.07. The summed E-state index contributed by atoms with van der Waals surface area (Å²) in [5.74, 6) is -5.17. The van der Waals surface area contributed by atoms with Crippen LogP contribution in [0, 0.1) is 0 Å². The Morgan fingerprint density at radius 2 is 1.18 bits per heavy atom. The van der Waals surface area contributed by atoms with Crippen molar-refractivity contribution in [2.24, 2.45) is 5.73 Å². The second-order valence-corrected chi connectivity index (χ2v) is 10.7. The Labute approximate surface area is 259 Å². The van der Waals surface area contributed by atoms with Crippen molar-refractivity contribution in [3.63, 3.8) is 0 Å². The molecule has 0 aliphatic heterocycles. The number of nitrogens with two attached hydrogens (primary N) is 1. The molecule has 3 aromatic carbocycles. The molecule has 0 saturated heterocycles. The minimum Gasteiger partial charge on any atom is -0.481 e. The zero-order valence-electron chi connectivity index (χ0n) is 24.3. The highest BCUT2D eigenvalue weighted by atomic mass is 16.4. The van der Waals surface area contributed by atoms with Crippen molar-refractivity contribution in [2.75, 3.05) is 0 Å². The van der Waals surface area contributed by atoms with Crippen molar-refractivity contribution in [1.29, 1.82) is 0 Å². The van der Waals surface area contributed by atoms with Crippen LogP contribution in [-0.4, -0.2) is 69.0 Å². The molecule has 4 rings (SSSR count). The van der Waals surface area contributed by atoms with E-state index in [-0.39, 0.29) is 19.3 Å². The van der Waals surface area contributed by atoms with E-state index >= 15 is 0 Å². The lowest BCUT2D eigenvalue weighted by Crippen LogP contribution is -2.58. The van der Waals surface area contributed by atoms with Crippen molar-refractivity contribution in [2.45, 2.75) is 49.9 Å². The van der Waals surface area contributed by atoms with Crippen molar-refractivity contribution < 1.29 is 34.2 Å². The van der Waals surface area contributed by atoms with E-state index in [1.807, 2.05) is 48.5 Å². The number of aromatic nitrogens is 1. The monoisotopic (exact) mass is 613 g/mol. The maximum atomic E-state index is 13.5. The van der Waals surface area contributed by atoms with Crippen LogP contribution >= 0.6 is 0 Å². The van der Waals surface area contributed by atoms with Gasteiger partial charge in [-0.15, -0.1) is 0 Å². The molecular formula is C33H35N5O7.